The summed E-state index contributed by atoms with van der Waals surface area (Å²) >= 11 is 0. The Balaban J connectivity index is 2.08. The minimum atomic E-state index is -0.167. The minimum absolute atomic E-state index is 0.0255. The van der Waals surface area contributed by atoms with Crippen molar-refractivity contribution >= 4 is 5.91 Å². The highest BCUT2D eigenvalue weighted by atomic mass is 16.1. The van der Waals surface area contributed by atoms with Gasteiger partial charge in [-0.05, 0) is 31.2 Å². The summed E-state index contributed by atoms with van der Waals surface area (Å²) in [5, 5.41) is 3.18. The lowest BCUT2D eigenvalue weighted by molar-refractivity contribution is -0.120. The van der Waals surface area contributed by atoms with Crippen molar-refractivity contribution < 1.29 is 4.79 Å². The highest BCUT2D eigenvalue weighted by molar-refractivity contribution is 5.80. The summed E-state index contributed by atoms with van der Waals surface area (Å²) in [6.07, 6.45) is 3.74. The number of rotatable bonds is 1. The summed E-state index contributed by atoms with van der Waals surface area (Å²) in [4.78, 5) is 10.9. The third kappa shape index (κ3) is 1.03. The molecule has 3 atom stereocenters. The molecule has 3 heteroatoms. The Labute approximate surface area is 66.3 Å². The summed E-state index contributed by atoms with van der Waals surface area (Å²) in [7, 11) is 0. The lowest BCUT2D eigenvalue weighted by atomic mass is 9.94. The average Bonchev–Trinajstić information content (AvgIpc) is 2.41. The van der Waals surface area contributed by atoms with Crippen LogP contribution in [0.15, 0.2) is 0 Å². The largest absolute Gasteiger partial charge is 0.368 e. The van der Waals surface area contributed by atoms with Crippen molar-refractivity contribution in [2.24, 2.45) is 17.6 Å². The van der Waals surface area contributed by atoms with Crippen molar-refractivity contribution in [2.45, 2.75) is 25.3 Å². The fourth-order valence-electron chi connectivity index (χ4n) is 2.50. The first-order valence-corrected chi connectivity index (χ1v) is 4.32. The maximum absolute atomic E-state index is 10.9. The number of carbonyl (C=O) groups is 1. The van der Waals surface area contributed by atoms with Gasteiger partial charge >= 0.3 is 0 Å². The van der Waals surface area contributed by atoms with E-state index in [1.54, 1.807) is 0 Å². The maximum Gasteiger partial charge on any atom is 0.234 e. The van der Waals surface area contributed by atoms with Crippen molar-refractivity contribution in [1.29, 1.82) is 0 Å². The highest BCUT2D eigenvalue weighted by Gasteiger charge is 2.41. The molecule has 1 aliphatic carbocycles. The molecule has 0 aromatic carbocycles. The van der Waals surface area contributed by atoms with Gasteiger partial charge in [0, 0.05) is 0 Å². The molecule has 0 aromatic rings. The van der Waals surface area contributed by atoms with Gasteiger partial charge in [-0.3, -0.25) is 4.79 Å². The molecule has 0 radical (unpaired) electrons. The second kappa shape index (κ2) is 2.48. The molecule has 3 nitrogen and oxygen atoms in total. The first-order valence-electron chi connectivity index (χ1n) is 4.32. The molecule has 11 heavy (non-hydrogen) atoms. The van der Waals surface area contributed by atoms with E-state index in [0.717, 1.165) is 12.5 Å². The lowest BCUT2D eigenvalue weighted by Gasteiger charge is -2.13. The van der Waals surface area contributed by atoms with Gasteiger partial charge in [-0.1, -0.05) is 6.42 Å². The van der Waals surface area contributed by atoms with Gasteiger partial charge in [0.15, 0.2) is 0 Å². The van der Waals surface area contributed by atoms with Crippen molar-refractivity contribution in [3.05, 3.63) is 0 Å². The smallest absolute Gasteiger partial charge is 0.234 e. The number of nitrogens with two attached hydrogens (primary N) is 1. The second-order valence-electron chi connectivity index (χ2n) is 3.64. The van der Waals surface area contributed by atoms with Crippen molar-refractivity contribution in [1.82, 2.24) is 5.32 Å². The third-order valence-electron chi connectivity index (χ3n) is 3.05. The summed E-state index contributed by atoms with van der Waals surface area (Å²) < 4.78 is 0. The average molecular weight is 154 g/mol. The van der Waals surface area contributed by atoms with Crippen molar-refractivity contribution in [2.75, 3.05) is 6.54 Å². The SMILES string of the molecule is NC(=O)[C@@H]1NC[C@H]2CCC[C@@H]21. The van der Waals surface area contributed by atoms with E-state index < -0.39 is 0 Å². The first kappa shape index (κ1) is 7.10. The van der Waals surface area contributed by atoms with E-state index in [1.165, 1.54) is 19.3 Å². The standard InChI is InChI=1S/C8H14N2O/c9-8(11)7-6-3-1-2-5(6)4-10-7/h5-7,10H,1-4H2,(H2,9,11)/t5-,6+,7-/m1/s1. The molecule has 1 heterocycles. The third-order valence-corrected chi connectivity index (χ3v) is 3.05. The molecule has 1 amide bonds. The number of carbonyl (C=O) groups excluding carboxylic acids is 1. The van der Waals surface area contributed by atoms with Crippen LogP contribution in [0.4, 0.5) is 0 Å². The second-order valence-corrected chi connectivity index (χ2v) is 3.64. The lowest BCUT2D eigenvalue weighted by Crippen LogP contribution is -2.40. The summed E-state index contributed by atoms with van der Waals surface area (Å²) in [6, 6.07) is -0.0255. The first-order chi connectivity index (χ1) is 5.29. The molecule has 2 fully saturated rings. The number of hydrogen-bond acceptors (Lipinski definition) is 2. The number of primary amides is 1. The quantitative estimate of drug-likeness (QED) is 0.552. The molecule has 0 bridgehead atoms. The highest BCUT2D eigenvalue weighted by Crippen LogP contribution is 2.37. The molecule has 3 N–H and O–H groups in total. The van der Waals surface area contributed by atoms with Gasteiger partial charge in [0.2, 0.25) is 5.91 Å². The van der Waals surface area contributed by atoms with E-state index in [-0.39, 0.29) is 11.9 Å². The van der Waals surface area contributed by atoms with Crippen LogP contribution < -0.4 is 11.1 Å². The number of nitrogens with one attached hydrogen (secondary N) is 1. The Morgan fingerprint density at radius 2 is 2.27 bits per heavy atom. The Bertz CT molecular complexity index is 181. The maximum atomic E-state index is 10.9. The molecule has 0 spiro atoms. The van der Waals surface area contributed by atoms with Gasteiger partial charge in [0.1, 0.15) is 0 Å². The van der Waals surface area contributed by atoms with Gasteiger partial charge in [0.05, 0.1) is 6.04 Å². The topological polar surface area (TPSA) is 55.1 Å². The van der Waals surface area contributed by atoms with E-state index in [9.17, 15) is 4.79 Å². The number of hydrogen-bond donors (Lipinski definition) is 2. The minimum Gasteiger partial charge on any atom is -0.368 e. The summed E-state index contributed by atoms with van der Waals surface area (Å²) in [5.74, 6) is 1.11. The van der Waals surface area contributed by atoms with Crippen molar-refractivity contribution in [3.8, 4) is 0 Å². The zero-order valence-electron chi connectivity index (χ0n) is 6.55. The van der Waals surface area contributed by atoms with Gasteiger partial charge in [0.25, 0.3) is 0 Å². The normalized spacial score (nSPS) is 42.4. The van der Waals surface area contributed by atoms with Crippen LogP contribution in [0.1, 0.15) is 19.3 Å². The van der Waals surface area contributed by atoms with E-state index in [2.05, 4.69) is 5.32 Å². The van der Waals surface area contributed by atoms with Crippen LogP contribution in [0.3, 0.4) is 0 Å². The molecule has 1 saturated heterocycles. The zero-order valence-corrected chi connectivity index (χ0v) is 6.55. The fourth-order valence-corrected chi connectivity index (χ4v) is 2.50. The monoisotopic (exact) mass is 154 g/mol. The number of amides is 1. The molecule has 2 aliphatic rings. The van der Waals surface area contributed by atoms with Crippen LogP contribution in [0.2, 0.25) is 0 Å². The van der Waals surface area contributed by atoms with Crippen LogP contribution in [-0.4, -0.2) is 18.5 Å². The number of fused-ring (bicyclic) bond motifs is 1. The zero-order chi connectivity index (χ0) is 7.84. The molecule has 0 unspecified atom stereocenters. The molecular formula is C8H14N2O. The van der Waals surface area contributed by atoms with Crippen LogP contribution in [0.25, 0.3) is 0 Å². The Morgan fingerprint density at radius 3 is 3.00 bits per heavy atom. The summed E-state index contributed by atoms with van der Waals surface area (Å²) in [5.41, 5.74) is 5.25. The molecular weight excluding hydrogens is 140 g/mol. The van der Waals surface area contributed by atoms with Gasteiger partial charge in [-0.25, -0.2) is 0 Å². The molecule has 1 saturated carbocycles. The van der Waals surface area contributed by atoms with E-state index >= 15 is 0 Å². The van der Waals surface area contributed by atoms with Crippen molar-refractivity contribution in [3.63, 3.8) is 0 Å². The van der Waals surface area contributed by atoms with Gasteiger partial charge < -0.3 is 11.1 Å². The Hall–Kier alpha value is -0.570. The van der Waals surface area contributed by atoms with Crippen LogP contribution in [0, 0.1) is 11.8 Å². The summed E-state index contributed by atoms with van der Waals surface area (Å²) in [6.45, 7) is 0.998. The van der Waals surface area contributed by atoms with E-state index in [1.807, 2.05) is 0 Å². The van der Waals surface area contributed by atoms with Crippen LogP contribution in [-0.2, 0) is 4.79 Å². The fraction of sp³-hybridized carbons (Fsp3) is 0.875. The predicted molar refractivity (Wildman–Crippen MR) is 41.8 cm³/mol. The molecule has 0 aromatic heterocycles. The predicted octanol–water partition coefficient (Wildman–Crippen LogP) is -0.140. The van der Waals surface area contributed by atoms with Gasteiger partial charge in [-0.2, -0.15) is 0 Å². The molecule has 2 rings (SSSR count). The van der Waals surface area contributed by atoms with Crippen LogP contribution in [0.5, 0.6) is 0 Å². The Morgan fingerprint density at radius 1 is 1.45 bits per heavy atom. The Kier molecular flexibility index (Phi) is 1.60. The van der Waals surface area contributed by atoms with Gasteiger partial charge in [-0.15, -0.1) is 0 Å². The van der Waals surface area contributed by atoms with E-state index in [0.29, 0.717) is 5.92 Å². The molecule has 1 aliphatic heterocycles. The molecule has 62 valence electrons. The van der Waals surface area contributed by atoms with Crippen LogP contribution >= 0.6 is 0 Å². The van der Waals surface area contributed by atoms with E-state index in [4.69, 9.17) is 5.73 Å².